The second-order valence-electron chi connectivity index (χ2n) is 5.16. The summed E-state index contributed by atoms with van der Waals surface area (Å²) in [5, 5.41) is 8.68. The number of methoxy groups -OCH3 is 1. The number of hydrogen-bond donors (Lipinski definition) is 1. The van der Waals surface area contributed by atoms with E-state index in [1.54, 1.807) is 6.07 Å². The van der Waals surface area contributed by atoms with Crippen LogP contribution >= 0.6 is 0 Å². The van der Waals surface area contributed by atoms with E-state index in [4.69, 9.17) is 9.84 Å². The van der Waals surface area contributed by atoms with Gasteiger partial charge < -0.3 is 9.84 Å². The molecule has 0 fully saturated rings. The molecule has 0 amide bonds. The van der Waals surface area contributed by atoms with Gasteiger partial charge in [-0.3, -0.25) is 4.79 Å². The van der Waals surface area contributed by atoms with Crippen molar-refractivity contribution in [2.45, 2.75) is 45.7 Å². The van der Waals surface area contributed by atoms with Gasteiger partial charge in [0.05, 0.1) is 7.11 Å². The molecule has 0 atom stereocenters. The Kier molecular flexibility index (Phi) is 4.92. The van der Waals surface area contributed by atoms with E-state index < -0.39 is 11.6 Å². The lowest BCUT2D eigenvalue weighted by Gasteiger charge is -2.22. The van der Waals surface area contributed by atoms with E-state index in [1.807, 2.05) is 13.0 Å². The van der Waals surface area contributed by atoms with Gasteiger partial charge in [-0.25, -0.2) is 4.39 Å². The first-order valence-corrected chi connectivity index (χ1v) is 6.35. The minimum atomic E-state index is -1.49. The molecule has 0 unspecified atom stereocenters. The maximum atomic E-state index is 14.2. The van der Waals surface area contributed by atoms with Gasteiger partial charge >= 0.3 is 5.97 Å². The molecular formula is C15H21FO3. The predicted molar refractivity (Wildman–Crippen MR) is 72.4 cm³/mol. The first-order valence-electron chi connectivity index (χ1n) is 6.35. The zero-order chi connectivity index (χ0) is 14.6. The molecule has 0 heterocycles. The molecule has 1 rings (SSSR count). The number of carboxylic acid groups (broad SMARTS) is 1. The van der Waals surface area contributed by atoms with E-state index in [0.717, 1.165) is 11.1 Å². The maximum Gasteiger partial charge on any atom is 0.303 e. The van der Waals surface area contributed by atoms with Crippen molar-refractivity contribution in [1.29, 1.82) is 0 Å². The fourth-order valence-corrected chi connectivity index (χ4v) is 2.15. The highest BCUT2D eigenvalue weighted by Gasteiger charge is 2.25. The van der Waals surface area contributed by atoms with Gasteiger partial charge in [-0.15, -0.1) is 0 Å². The van der Waals surface area contributed by atoms with Crippen molar-refractivity contribution < 1.29 is 19.0 Å². The zero-order valence-corrected chi connectivity index (χ0v) is 11.9. The van der Waals surface area contributed by atoms with Crippen LogP contribution in [-0.2, 0) is 16.9 Å². The second kappa shape index (κ2) is 6.04. The number of aliphatic carboxylic acids is 1. The first kappa shape index (κ1) is 15.5. The first-order chi connectivity index (χ1) is 8.77. The van der Waals surface area contributed by atoms with Crippen molar-refractivity contribution >= 4 is 5.97 Å². The average Bonchev–Trinajstić information content (AvgIpc) is 2.28. The zero-order valence-electron chi connectivity index (χ0n) is 11.9. The van der Waals surface area contributed by atoms with Crippen molar-refractivity contribution in [3.8, 4) is 5.75 Å². The Balaban J connectivity index is 3.11. The molecule has 4 heteroatoms. The Labute approximate surface area is 113 Å². The van der Waals surface area contributed by atoms with Crippen molar-refractivity contribution in [3.05, 3.63) is 28.8 Å². The van der Waals surface area contributed by atoms with E-state index in [0.29, 0.717) is 24.2 Å². The van der Waals surface area contributed by atoms with Gasteiger partial charge in [0.1, 0.15) is 11.4 Å². The summed E-state index contributed by atoms with van der Waals surface area (Å²) in [5.74, 6) is -0.281. The number of halogens is 1. The van der Waals surface area contributed by atoms with Crippen LogP contribution in [-0.4, -0.2) is 18.2 Å². The Bertz CT molecular complexity index is 461. The van der Waals surface area contributed by atoms with Crippen LogP contribution in [0.4, 0.5) is 4.39 Å². The monoisotopic (exact) mass is 268 g/mol. The number of carbonyl (C=O) groups is 1. The smallest absolute Gasteiger partial charge is 0.303 e. The molecule has 0 radical (unpaired) electrons. The van der Waals surface area contributed by atoms with Gasteiger partial charge in [-0.2, -0.15) is 0 Å². The number of aryl methyl sites for hydroxylation is 1. The second-order valence-corrected chi connectivity index (χ2v) is 5.16. The summed E-state index contributed by atoms with van der Waals surface area (Å²) in [6.07, 6.45) is 1.19. The van der Waals surface area contributed by atoms with E-state index in [9.17, 15) is 9.18 Å². The van der Waals surface area contributed by atoms with Crippen molar-refractivity contribution in [3.63, 3.8) is 0 Å². The minimum Gasteiger partial charge on any atom is -0.496 e. The summed E-state index contributed by atoms with van der Waals surface area (Å²) in [5.41, 5.74) is 0.911. The Hall–Kier alpha value is -1.58. The summed E-state index contributed by atoms with van der Waals surface area (Å²) < 4.78 is 19.5. The fraction of sp³-hybridized carbons (Fsp3) is 0.533. The number of ether oxygens (including phenoxy) is 1. The molecule has 19 heavy (non-hydrogen) atoms. The number of hydrogen-bond acceptors (Lipinski definition) is 2. The summed E-state index contributed by atoms with van der Waals surface area (Å²) in [6, 6.07) is 3.59. The lowest BCUT2D eigenvalue weighted by atomic mass is 9.92. The van der Waals surface area contributed by atoms with Crippen LogP contribution < -0.4 is 4.74 Å². The maximum absolute atomic E-state index is 14.2. The van der Waals surface area contributed by atoms with Crippen LogP contribution in [0.3, 0.4) is 0 Å². The molecule has 3 nitrogen and oxygen atoms in total. The van der Waals surface area contributed by atoms with Gasteiger partial charge in [0.25, 0.3) is 0 Å². The van der Waals surface area contributed by atoms with Crippen molar-refractivity contribution in [2.24, 2.45) is 0 Å². The van der Waals surface area contributed by atoms with Gasteiger partial charge in [0.2, 0.25) is 0 Å². The third-order valence-corrected chi connectivity index (χ3v) is 3.16. The number of rotatable bonds is 6. The molecular weight excluding hydrogens is 247 g/mol. The van der Waals surface area contributed by atoms with Crippen molar-refractivity contribution in [2.75, 3.05) is 7.11 Å². The summed E-state index contributed by atoms with van der Waals surface area (Å²) in [4.78, 5) is 10.6. The van der Waals surface area contributed by atoms with Gasteiger partial charge in [-0.1, -0.05) is 12.1 Å². The summed E-state index contributed by atoms with van der Waals surface area (Å²) in [7, 11) is 1.52. The van der Waals surface area contributed by atoms with Crippen LogP contribution in [0.2, 0.25) is 0 Å². The molecule has 0 aromatic heterocycles. The Morgan fingerprint density at radius 1 is 1.42 bits per heavy atom. The summed E-state index contributed by atoms with van der Waals surface area (Å²) >= 11 is 0. The molecule has 0 bridgehead atoms. The number of alkyl halides is 1. The normalized spacial score (nSPS) is 11.4. The van der Waals surface area contributed by atoms with Crippen LogP contribution in [0.25, 0.3) is 0 Å². The van der Waals surface area contributed by atoms with E-state index in [2.05, 4.69) is 0 Å². The molecule has 0 aliphatic heterocycles. The third kappa shape index (κ3) is 3.94. The number of benzene rings is 1. The molecule has 0 saturated carbocycles. The largest absolute Gasteiger partial charge is 0.496 e. The standard InChI is InChI=1S/C15H21FO3/c1-10-8-9-12(15(2,3)16)14(19-4)11(10)6-5-7-13(17)18/h8-9H,5-7H2,1-4H3,(H,17,18). The highest BCUT2D eigenvalue weighted by molar-refractivity contribution is 5.66. The van der Waals surface area contributed by atoms with Crippen LogP contribution in [0.15, 0.2) is 12.1 Å². The van der Waals surface area contributed by atoms with Crippen molar-refractivity contribution in [1.82, 2.24) is 0 Å². The quantitative estimate of drug-likeness (QED) is 0.857. The predicted octanol–water partition coefficient (Wildman–Crippen LogP) is 3.62. The molecule has 0 saturated heterocycles. The molecule has 1 aromatic carbocycles. The molecule has 0 spiro atoms. The topological polar surface area (TPSA) is 46.5 Å². The Morgan fingerprint density at radius 2 is 2.05 bits per heavy atom. The molecule has 0 aliphatic carbocycles. The molecule has 0 aliphatic rings. The number of carboxylic acids is 1. The van der Waals surface area contributed by atoms with E-state index in [1.165, 1.54) is 21.0 Å². The molecule has 106 valence electrons. The van der Waals surface area contributed by atoms with Gasteiger partial charge in [0.15, 0.2) is 0 Å². The highest BCUT2D eigenvalue weighted by Crippen LogP contribution is 2.37. The van der Waals surface area contributed by atoms with Gasteiger partial charge in [0, 0.05) is 12.0 Å². The fourth-order valence-electron chi connectivity index (χ4n) is 2.15. The van der Waals surface area contributed by atoms with Gasteiger partial charge in [-0.05, 0) is 44.7 Å². The third-order valence-electron chi connectivity index (χ3n) is 3.16. The minimum absolute atomic E-state index is 0.103. The Morgan fingerprint density at radius 3 is 2.53 bits per heavy atom. The van der Waals surface area contributed by atoms with E-state index >= 15 is 0 Å². The molecule has 1 aromatic rings. The van der Waals surface area contributed by atoms with Crippen LogP contribution in [0.1, 0.15) is 43.4 Å². The highest BCUT2D eigenvalue weighted by atomic mass is 19.1. The summed E-state index contributed by atoms with van der Waals surface area (Å²) in [6.45, 7) is 4.90. The molecule has 1 N–H and O–H groups in total. The van der Waals surface area contributed by atoms with Crippen LogP contribution in [0.5, 0.6) is 5.75 Å². The lowest BCUT2D eigenvalue weighted by Crippen LogP contribution is -2.13. The van der Waals surface area contributed by atoms with E-state index in [-0.39, 0.29) is 6.42 Å². The average molecular weight is 268 g/mol. The SMILES string of the molecule is COc1c(C(C)(C)F)ccc(C)c1CCCC(=O)O. The van der Waals surface area contributed by atoms with Crippen LogP contribution in [0, 0.1) is 6.92 Å². The lowest BCUT2D eigenvalue weighted by molar-refractivity contribution is -0.137.